The van der Waals surface area contributed by atoms with Gasteiger partial charge in [-0.05, 0) is 48.5 Å². The second-order valence-corrected chi connectivity index (χ2v) is 8.91. The molecule has 0 atom stereocenters. The lowest BCUT2D eigenvalue weighted by molar-refractivity contribution is -0.113. The minimum Gasteiger partial charge on any atom is -0.465 e. The Hall–Kier alpha value is -3.38. The normalized spacial score (nSPS) is 11.0. The van der Waals surface area contributed by atoms with Gasteiger partial charge in [-0.1, -0.05) is 11.8 Å². The van der Waals surface area contributed by atoms with Gasteiger partial charge >= 0.3 is 5.97 Å². The van der Waals surface area contributed by atoms with E-state index in [-0.39, 0.29) is 22.8 Å². The number of sulfonamides is 1. The number of hydrogen-bond donors (Lipinski definition) is 2. The number of hydrogen-bond acceptors (Lipinski definition) is 9. The lowest BCUT2D eigenvalue weighted by atomic mass is 10.2. The van der Waals surface area contributed by atoms with Crippen molar-refractivity contribution >= 4 is 45.0 Å². The predicted molar refractivity (Wildman–Crippen MR) is 115 cm³/mol. The number of methoxy groups -OCH3 is 1. The van der Waals surface area contributed by atoms with Crippen molar-refractivity contribution in [3.05, 3.63) is 54.1 Å². The molecule has 0 fully saturated rings. The molecular formula is C19H18N4O6S2. The molecule has 3 rings (SSSR count). The molecule has 0 unspecified atom stereocenters. The van der Waals surface area contributed by atoms with Crippen LogP contribution in [-0.4, -0.2) is 49.6 Å². The zero-order valence-corrected chi connectivity index (χ0v) is 18.1. The van der Waals surface area contributed by atoms with Gasteiger partial charge in [-0.15, -0.1) is 10.2 Å². The summed E-state index contributed by atoms with van der Waals surface area (Å²) < 4.78 is 35.0. The van der Waals surface area contributed by atoms with Crippen LogP contribution in [0.3, 0.4) is 0 Å². The summed E-state index contributed by atoms with van der Waals surface area (Å²) in [6, 6.07) is 12.7. The number of thioether (sulfide) groups is 1. The summed E-state index contributed by atoms with van der Waals surface area (Å²) in [7, 11) is -2.06. The molecule has 0 aliphatic rings. The second kappa shape index (κ2) is 9.62. The van der Waals surface area contributed by atoms with Crippen LogP contribution in [0.25, 0.3) is 11.5 Å². The summed E-state index contributed by atoms with van der Waals surface area (Å²) in [5, 5.41) is 10.7. The van der Waals surface area contributed by atoms with E-state index in [4.69, 9.17) is 4.42 Å². The number of esters is 1. The maximum atomic E-state index is 12.1. The standard InChI is InChI=1S/C19H18N4O6S2/c1-28-18(25)13-5-7-14(8-6-13)20-16(24)11-30-19-22-21-17(29-19)12-3-9-15(10-4-12)23-31(2,26)27/h3-10,23H,11H2,1-2H3,(H,20,24). The fraction of sp³-hybridized carbons (Fsp3) is 0.158. The van der Waals surface area contributed by atoms with Crippen molar-refractivity contribution in [1.82, 2.24) is 10.2 Å². The molecule has 2 N–H and O–H groups in total. The Morgan fingerprint density at radius 2 is 1.68 bits per heavy atom. The molecule has 0 saturated carbocycles. The average molecular weight is 463 g/mol. The molecule has 1 aromatic heterocycles. The van der Waals surface area contributed by atoms with Gasteiger partial charge in [0.1, 0.15) is 0 Å². The molecule has 0 saturated heterocycles. The lowest BCUT2D eigenvalue weighted by Crippen LogP contribution is -2.14. The largest absolute Gasteiger partial charge is 0.465 e. The molecule has 0 radical (unpaired) electrons. The first-order chi connectivity index (χ1) is 14.7. The van der Waals surface area contributed by atoms with E-state index in [1.807, 2.05) is 0 Å². The summed E-state index contributed by atoms with van der Waals surface area (Å²) in [5.74, 6) is -0.460. The van der Waals surface area contributed by atoms with Crippen molar-refractivity contribution in [2.24, 2.45) is 0 Å². The molecule has 0 aliphatic carbocycles. The van der Waals surface area contributed by atoms with Gasteiger partial charge in [0.15, 0.2) is 0 Å². The van der Waals surface area contributed by atoms with Crippen molar-refractivity contribution in [2.45, 2.75) is 5.22 Å². The average Bonchev–Trinajstić information content (AvgIpc) is 3.21. The fourth-order valence-corrected chi connectivity index (χ4v) is 3.54. The number of carbonyl (C=O) groups excluding carboxylic acids is 2. The van der Waals surface area contributed by atoms with E-state index < -0.39 is 16.0 Å². The fourth-order valence-electron chi connectivity index (χ4n) is 2.41. The van der Waals surface area contributed by atoms with Crippen LogP contribution in [0.5, 0.6) is 0 Å². The highest BCUT2D eigenvalue weighted by molar-refractivity contribution is 7.99. The van der Waals surface area contributed by atoms with Crippen LogP contribution < -0.4 is 10.0 Å². The minimum atomic E-state index is -3.36. The van der Waals surface area contributed by atoms with Gasteiger partial charge in [-0.3, -0.25) is 9.52 Å². The third kappa shape index (κ3) is 6.55. The van der Waals surface area contributed by atoms with Crippen molar-refractivity contribution < 1.29 is 27.2 Å². The highest BCUT2D eigenvalue weighted by atomic mass is 32.2. The van der Waals surface area contributed by atoms with Gasteiger partial charge in [-0.2, -0.15) is 0 Å². The third-order valence-corrected chi connectivity index (χ3v) is 5.18. The molecule has 10 nitrogen and oxygen atoms in total. The van der Waals surface area contributed by atoms with E-state index in [0.717, 1.165) is 18.0 Å². The number of carbonyl (C=O) groups is 2. The third-order valence-electron chi connectivity index (χ3n) is 3.76. The molecule has 2 aromatic carbocycles. The summed E-state index contributed by atoms with van der Waals surface area (Å²) in [6.45, 7) is 0. The maximum absolute atomic E-state index is 12.1. The van der Waals surface area contributed by atoms with Gasteiger partial charge in [0.05, 0.1) is 24.7 Å². The number of amides is 1. The second-order valence-electron chi connectivity index (χ2n) is 6.23. The van der Waals surface area contributed by atoms with Gasteiger partial charge in [0.25, 0.3) is 5.22 Å². The summed E-state index contributed by atoms with van der Waals surface area (Å²) in [4.78, 5) is 23.5. The van der Waals surface area contributed by atoms with Crippen LogP contribution in [0.1, 0.15) is 10.4 Å². The summed E-state index contributed by atoms with van der Waals surface area (Å²) in [6.07, 6.45) is 1.07. The number of nitrogens with zero attached hydrogens (tertiary/aromatic N) is 2. The molecule has 0 spiro atoms. The molecule has 0 bridgehead atoms. The van der Waals surface area contributed by atoms with Crippen LogP contribution in [0.2, 0.25) is 0 Å². The molecule has 1 heterocycles. The molecule has 31 heavy (non-hydrogen) atoms. The van der Waals surface area contributed by atoms with Gasteiger partial charge in [0, 0.05) is 16.9 Å². The van der Waals surface area contributed by atoms with E-state index in [1.165, 1.54) is 7.11 Å². The van der Waals surface area contributed by atoms with Gasteiger partial charge in [-0.25, -0.2) is 13.2 Å². The number of aromatic nitrogens is 2. The Bertz CT molecular complexity index is 1170. The zero-order valence-electron chi connectivity index (χ0n) is 16.5. The first kappa shape index (κ1) is 22.3. The molecule has 12 heteroatoms. The van der Waals surface area contributed by atoms with Crippen LogP contribution in [0.15, 0.2) is 58.2 Å². The van der Waals surface area contributed by atoms with Crippen molar-refractivity contribution in [3.8, 4) is 11.5 Å². The predicted octanol–water partition coefficient (Wildman–Crippen LogP) is 2.63. The van der Waals surface area contributed by atoms with Gasteiger partial charge in [0.2, 0.25) is 21.8 Å². The monoisotopic (exact) mass is 462 g/mol. The van der Waals surface area contributed by atoms with Crippen molar-refractivity contribution in [2.75, 3.05) is 29.2 Å². The smallest absolute Gasteiger partial charge is 0.337 e. The van der Waals surface area contributed by atoms with E-state index in [0.29, 0.717) is 22.5 Å². The Morgan fingerprint density at radius 3 is 2.29 bits per heavy atom. The highest BCUT2D eigenvalue weighted by Gasteiger charge is 2.12. The molecule has 162 valence electrons. The number of rotatable bonds is 8. The molecule has 3 aromatic rings. The van der Waals surface area contributed by atoms with Crippen LogP contribution in [0, 0.1) is 0 Å². The summed E-state index contributed by atoms with van der Waals surface area (Å²) in [5.41, 5.74) is 1.94. The molecular weight excluding hydrogens is 444 g/mol. The van der Waals surface area contributed by atoms with Crippen LogP contribution in [-0.2, 0) is 19.6 Å². The molecule has 0 aliphatic heterocycles. The van der Waals surface area contributed by atoms with Crippen LogP contribution >= 0.6 is 11.8 Å². The summed E-state index contributed by atoms with van der Waals surface area (Å²) >= 11 is 1.07. The van der Waals surface area contributed by atoms with Crippen molar-refractivity contribution in [3.63, 3.8) is 0 Å². The van der Waals surface area contributed by atoms with E-state index in [2.05, 4.69) is 25.0 Å². The van der Waals surface area contributed by atoms with Crippen molar-refractivity contribution in [1.29, 1.82) is 0 Å². The van der Waals surface area contributed by atoms with Gasteiger partial charge < -0.3 is 14.5 Å². The zero-order chi connectivity index (χ0) is 22.4. The first-order valence-electron chi connectivity index (χ1n) is 8.76. The number of benzene rings is 2. The quantitative estimate of drug-likeness (QED) is 0.382. The number of nitrogens with one attached hydrogen (secondary N) is 2. The first-order valence-corrected chi connectivity index (χ1v) is 11.6. The Morgan fingerprint density at radius 1 is 1.03 bits per heavy atom. The van der Waals surface area contributed by atoms with E-state index in [9.17, 15) is 18.0 Å². The lowest BCUT2D eigenvalue weighted by Gasteiger charge is -2.05. The number of anilines is 2. The minimum absolute atomic E-state index is 0.0393. The maximum Gasteiger partial charge on any atom is 0.337 e. The number of ether oxygens (including phenoxy) is 1. The SMILES string of the molecule is COC(=O)c1ccc(NC(=O)CSc2nnc(-c3ccc(NS(C)(=O)=O)cc3)o2)cc1. The van der Waals surface area contributed by atoms with E-state index >= 15 is 0 Å². The Balaban J connectivity index is 1.54. The Kier molecular flexibility index (Phi) is 6.92. The molecule has 1 amide bonds. The topological polar surface area (TPSA) is 140 Å². The highest BCUT2D eigenvalue weighted by Crippen LogP contribution is 2.24. The Labute approximate surface area is 182 Å². The van der Waals surface area contributed by atoms with E-state index in [1.54, 1.807) is 48.5 Å². The van der Waals surface area contributed by atoms with Crippen LogP contribution in [0.4, 0.5) is 11.4 Å².